The SMILES string of the molecule is CO[C@@H](C)c1ncc(C#CC2(F)CC2)cc1-c1c2c3cc(cc4c3n1CCC4)-c1csc(n1)C[C@H](NC=O)C(=O)N1CCC[C@H](N1)C(=O)OCC(C)(C)C2. The molecule has 1 aromatic carbocycles. The Morgan fingerprint density at radius 2 is 2.04 bits per heavy atom. The molecule has 8 rings (SSSR count). The van der Waals surface area contributed by atoms with Crippen molar-refractivity contribution in [1.82, 2.24) is 30.3 Å². The van der Waals surface area contributed by atoms with Crippen molar-refractivity contribution in [2.45, 2.75) is 103 Å². The maximum atomic E-state index is 14.7. The molecule has 0 spiro atoms. The summed E-state index contributed by atoms with van der Waals surface area (Å²) in [5.74, 6) is 5.15. The number of nitrogens with zero attached hydrogens (tertiary/aromatic N) is 4. The average Bonchev–Trinajstić information content (AvgIpc) is 3.59. The number of halogens is 1. The first-order valence-electron chi connectivity index (χ1n) is 18.8. The van der Waals surface area contributed by atoms with Crippen LogP contribution in [0.4, 0.5) is 4.39 Å². The Morgan fingerprint density at radius 3 is 2.81 bits per heavy atom. The minimum atomic E-state index is -1.42. The molecule has 13 heteroatoms. The first kappa shape index (κ1) is 36.3. The molecule has 2 amide bonds. The smallest absolute Gasteiger partial charge is 0.324 e. The molecule has 1 saturated carbocycles. The number of fused-ring (bicyclic) bond motifs is 6. The number of ether oxygens (including phenoxy) is 2. The number of carbonyl (C=O) groups excluding carboxylic acids is 3. The monoisotopic (exact) mass is 752 g/mol. The highest BCUT2D eigenvalue weighted by Gasteiger charge is 2.41. The van der Waals surface area contributed by atoms with Gasteiger partial charge in [0, 0.05) is 65.7 Å². The number of hydrazine groups is 1. The van der Waals surface area contributed by atoms with Crippen molar-refractivity contribution in [1.29, 1.82) is 0 Å². The van der Waals surface area contributed by atoms with E-state index in [9.17, 15) is 18.8 Å². The molecule has 4 aromatic rings. The van der Waals surface area contributed by atoms with Gasteiger partial charge in [0.2, 0.25) is 6.41 Å². The second-order valence-corrected chi connectivity index (χ2v) is 16.7. The molecule has 282 valence electrons. The summed E-state index contributed by atoms with van der Waals surface area (Å²) in [5, 5.41) is 7.92. The molecule has 2 N–H and O–H groups in total. The second-order valence-electron chi connectivity index (χ2n) is 15.8. The summed E-state index contributed by atoms with van der Waals surface area (Å²) >= 11 is 1.45. The quantitative estimate of drug-likeness (QED) is 0.153. The molecule has 2 fully saturated rings. The fourth-order valence-corrected chi connectivity index (χ4v) is 8.77. The van der Waals surface area contributed by atoms with Crippen molar-refractivity contribution < 1.29 is 28.2 Å². The number of aromatic nitrogens is 3. The summed E-state index contributed by atoms with van der Waals surface area (Å²) in [5.41, 5.74) is 9.65. The van der Waals surface area contributed by atoms with E-state index in [-0.39, 0.29) is 25.0 Å². The summed E-state index contributed by atoms with van der Waals surface area (Å²) in [6.07, 6.45) is 6.52. The number of amides is 2. The number of aryl methyl sites for hydroxylation is 2. The first-order valence-corrected chi connectivity index (χ1v) is 19.7. The van der Waals surface area contributed by atoms with Gasteiger partial charge in [-0.25, -0.2) is 14.8 Å². The fourth-order valence-electron chi connectivity index (χ4n) is 7.92. The second kappa shape index (κ2) is 14.2. The maximum Gasteiger partial charge on any atom is 0.324 e. The lowest BCUT2D eigenvalue weighted by Gasteiger charge is -2.35. The molecule has 0 unspecified atom stereocenters. The lowest BCUT2D eigenvalue weighted by atomic mass is 9.83. The zero-order valence-corrected chi connectivity index (χ0v) is 31.9. The number of hydrogen-bond donors (Lipinski definition) is 2. The number of thiazole rings is 1. The molecular weight excluding hydrogens is 708 g/mol. The molecule has 1 saturated heterocycles. The van der Waals surface area contributed by atoms with Crippen molar-refractivity contribution in [3.05, 3.63) is 57.2 Å². The predicted molar refractivity (Wildman–Crippen MR) is 203 cm³/mol. The van der Waals surface area contributed by atoms with E-state index in [0.717, 1.165) is 64.1 Å². The third-order valence-corrected chi connectivity index (χ3v) is 11.9. The molecule has 54 heavy (non-hydrogen) atoms. The molecule has 4 aliphatic rings. The zero-order valence-electron chi connectivity index (χ0n) is 31.1. The van der Waals surface area contributed by atoms with Crippen LogP contribution in [0.5, 0.6) is 0 Å². The van der Waals surface area contributed by atoms with Crippen LogP contribution in [0.15, 0.2) is 29.8 Å². The van der Waals surface area contributed by atoms with Crippen LogP contribution in [0.2, 0.25) is 0 Å². The number of hydrogen-bond acceptors (Lipinski definition) is 9. The van der Waals surface area contributed by atoms with E-state index in [0.29, 0.717) is 55.6 Å². The number of rotatable bonds is 5. The largest absolute Gasteiger partial charge is 0.464 e. The van der Waals surface area contributed by atoms with E-state index in [4.69, 9.17) is 19.4 Å². The maximum absolute atomic E-state index is 14.7. The Bertz CT molecular complexity index is 2210. The van der Waals surface area contributed by atoms with Gasteiger partial charge in [0.15, 0.2) is 5.67 Å². The van der Waals surface area contributed by atoms with E-state index in [1.54, 1.807) is 13.3 Å². The van der Waals surface area contributed by atoms with Crippen LogP contribution in [0.1, 0.15) is 86.4 Å². The molecule has 6 heterocycles. The number of carbonyl (C=O) groups is 3. The summed E-state index contributed by atoms with van der Waals surface area (Å²) < 4.78 is 29.0. The van der Waals surface area contributed by atoms with Crippen LogP contribution in [0.3, 0.4) is 0 Å². The topological polar surface area (TPSA) is 128 Å². The zero-order chi connectivity index (χ0) is 37.8. The lowest BCUT2D eigenvalue weighted by molar-refractivity contribution is -0.155. The van der Waals surface area contributed by atoms with Crippen LogP contribution >= 0.6 is 11.3 Å². The molecule has 0 radical (unpaired) electrons. The predicted octanol–water partition coefficient (Wildman–Crippen LogP) is 5.61. The van der Waals surface area contributed by atoms with Gasteiger partial charge in [0.05, 0.1) is 40.3 Å². The molecule has 3 aliphatic heterocycles. The van der Waals surface area contributed by atoms with E-state index in [2.05, 4.69) is 53.1 Å². The summed E-state index contributed by atoms with van der Waals surface area (Å²) in [6.45, 7) is 7.50. The van der Waals surface area contributed by atoms with Crippen LogP contribution < -0.4 is 10.7 Å². The number of pyridine rings is 1. The van der Waals surface area contributed by atoms with Crippen LogP contribution in [0, 0.1) is 17.3 Å². The standard InChI is InChI=1S/C41H45FN6O5S/c1-24(52-4)35-29(15-25(20-43-35)9-10-41(42)11-12-41)37-30-19-40(2,3)22-53-39(51)31-8-6-14-48(46-31)38(50)32(44-23-49)18-34-45-33(21-54-34)27-16-26-7-5-13-47(37)36(26)28(30)17-27/h15-17,20-21,23-24,31-32,46H,5-8,11-14,18-19,22H2,1-4H3,(H,44,49)/t24-,31-,32-/m0/s1. The Kier molecular flexibility index (Phi) is 9.57. The number of alkyl halides is 1. The van der Waals surface area contributed by atoms with E-state index >= 15 is 0 Å². The minimum absolute atomic E-state index is 0.144. The Balaban J connectivity index is 1.32. The van der Waals surface area contributed by atoms with E-state index < -0.39 is 29.1 Å². The number of cyclic esters (lactones) is 1. The first-order chi connectivity index (χ1) is 26.0. The van der Waals surface area contributed by atoms with E-state index in [1.165, 1.54) is 21.9 Å². The summed E-state index contributed by atoms with van der Waals surface area (Å²) in [4.78, 5) is 48.8. The van der Waals surface area contributed by atoms with Crippen molar-refractivity contribution in [2.75, 3.05) is 20.3 Å². The molecule has 11 nitrogen and oxygen atoms in total. The molecule has 1 aliphatic carbocycles. The fraction of sp³-hybridized carbons (Fsp3) is 0.488. The van der Waals surface area contributed by atoms with Crippen LogP contribution in [0.25, 0.3) is 33.4 Å². The normalized spacial score (nSPS) is 22.4. The Labute approximate surface area is 318 Å². The van der Waals surface area contributed by atoms with Gasteiger partial charge in [0.1, 0.15) is 12.1 Å². The van der Waals surface area contributed by atoms with Gasteiger partial charge >= 0.3 is 5.97 Å². The molecule has 3 atom stereocenters. The van der Waals surface area contributed by atoms with Gasteiger partial charge in [-0.1, -0.05) is 25.7 Å². The van der Waals surface area contributed by atoms with Gasteiger partial charge < -0.3 is 19.4 Å². The highest BCUT2D eigenvalue weighted by atomic mass is 32.1. The Hall–Kier alpha value is -4.64. The van der Waals surface area contributed by atoms with Crippen molar-refractivity contribution in [3.63, 3.8) is 0 Å². The summed E-state index contributed by atoms with van der Waals surface area (Å²) in [6, 6.07) is 4.88. The van der Waals surface area contributed by atoms with Gasteiger partial charge in [-0.3, -0.25) is 24.4 Å². The minimum Gasteiger partial charge on any atom is -0.464 e. The highest BCUT2D eigenvalue weighted by Crippen LogP contribution is 2.45. The van der Waals surface area contributed by atoms with Gasteiger partial charge in [-0.05, 0) is 81.2 Å². The number of esters is 1. The Morgan fingerprint density at radius 1 is 1.20 bits per heavy atom. The number of methoxy groups -OCH3 is 1. The number of nitrogens with one attached hydrogen (secondary N) is 2. The van der Waals surface area contributed by atoms with Crippen LogP contribution in [-0.4, -0.2) is 75.8 Å². The van der Waals surface area contributed by atoms with Crippen molar-refractivity contribution >= 4 is 40.5 Å². The van der Waals surface area contributed by atoms with E-state index in [1.807, 2.05) is 18.4 Å². The van der Waals surface area contributed by atoms with Crippen LogP contribution in [-0.2, 0) is 49.7 Å². The summed E-state index contributed by atoms with van der Waals surface area (Å²) in [7, 11) is 1.67. The van der Waals surface area contributed by atoms with Crippen molar-refractivity contribution in [2.24, 2.45) is 5.41 Å². The van der Waals surface area contributed by atoms with Gasteiger partial charge in [-0.2, -0.15) is 0 Å². The van der Waals surface area contributed by atoms with Gasteiger partial charge in [-0.15, -0.1) is 11.3 Å². The molecule has 3 aromatic heterocycles. The highest BCUT2D eigenvalue weighted by molar-refractivity contribution is 7.10. The average molecular weight is 753 g/mol. The van der Waals surface area contributed by atoms with Crippen molar-refractivity contribution in [3.8, 4) is 34.4 Å². The lowest BCUT2D eigenvalue weighted by Crippen LogP contribution is -2.59. The third-order valence-electron chi connectivity index (χ3n) is 11.0. The number of benzene rings is 1. The third kappa shape index (κ3) is 7.03. The molecular formula is C41H45FN6O5S. The van der Waals surface area contributed by atoms with Gasteiger partial charge in [0.25, 0.3) is 5.91 Å². The molecule has 6 bridgehead atoms.